The van der Waals surface area contributed by atoms with Gasteiger partial charge in [-0.15, -0.1) is 11.3 Å². The molecule has 0 spiro atoms. The molecule has 3 nitrogen and oxygen atoms in total. The average molecular weight is 318 g/mol. The number of fused-ring (bicyclic) bond motifs is 1. The molecule has 2 heterocycles. The van der Waals surface area contributed by atoms with Gasteiger partial charge in [-0.3, -0.25) is 0 Å². The summed E-state index contributed by atoms with van der Waals surface area (Å²) in [6.45, 7) is 4.25. The number of para-hydroxylation sites is 2. The highest BCUT2D eigenvalue weighted by atomic mass is 32.2. The minimum absolute atomic E-state index is 0.0855. The number of nitrogens with zero attached hydrogens (tertiary/aromatic N) is 1. The number of benzene rings is 1. The Bertz CT molecular complexity index is 702. The Kier molecular flexibility index (Phi) is 4.33. The van der Waals surface area contributed by atoms with Crippen molar-refractivity contribution in [2.75, 3.05) is 0 Å². The third-order valence-corrected chi connectivity index (χ3v) is 5.99. The lowest BCUT2D eigenvalue weighted by molar-refractivity contribution is 0.486. The van der Waals surface area contributed by atoms with Gasteiger partial charge < -0.3 is 10.2 Å². The van der Waals surface area contributed by atoms with Crippen molar-refractivity contribution in [1.82, 2.24) is 4.98 Å². The van der Waals surface area contributed by atoms with Crippen LogP contribution < -0.4 is 5.73 Å². The summed E-state index contributed by atoms with van der Waals surface area (Å²) < 4.78 is 5.83. The molecule has 0 saturated carbocycles. The third-order valence-electron chi connectivity index (χ3n) is 3.52. The van der Waals surface area contributed by atoms with Crippen molar-refractivity contribution in [3.63, 3.8) is 0 Å². The fraction of sp³-hybridized carbons (Fsp3) is 0.312. The van der Waals surface area contributed by atoms with E-state index in [0.717, 1.165) is 17.5 Å². The molecule has 1 aromatic carbocycles. The third kappa shape index (κ3) is 3.00. The molecule has 0 aliphatic heterocycles. The Morgan fingerprint density at radius 1 is 1.33 bits per heavy atom. The van der Waals surface area contributed by atoms with E-state index in [1.165, 1.54) is 10.4 Å². The molecule has 21 heavy (non-hydrogen) atoms. The molecule has 0 aliphatic rings. The smallest absolute Gasteiger partial charge is 0.257 e. The first kappa shape index (κ1) is 14.6. The molecular weight excluding hydrogens is 300 g/mol. The van der Waals surface area contributed by atoms with Gasteiger partial charge in [0.25, 0.3) is 5.22 Å². The summed E-state index contributed by atoms with van der Waals surface area (Å²) in [5.41, 5.74) is 9.35. The molecule has 0 bridgehead atoms. The van der Waals surface area contributed by atoms with Gasteiger partial charge in [0.1, 0.15) is 5.52 Å². The zero-order valence-corrected chi connectivity index (χ0v) is 13.7. The second-order valence-corrected chi connectivity index (χ2v) is 7.07. The predicted molar refractivity (Wildman–Crippen MR) is 89.9 cm³/mol. The summed E-state index contributed by atoms with van der Waals surface area (Å²) in [6.07, 6.45) is 0.926. The van der Waals surface area contributed by atoms with E-state index >= 15 is 0 Å². The number of rotatable bonds is 5. The molecule has 3 aromatic rings. The molecule has 2 N–H and O–H groups in total. The van der Waals surface area contributed by atoms with Crippen molar-refractivity contribution in [2.24, 2.45) is 5.73 Å². The van der Waals surface area contributed by atoms with Crippen LogP contribution in [0.1, 0.15) is 29.0 Å². The van der Waals surface area contributed by atoms with Gasteiger partial charge in [0, 0.05) is 10.9 Å². The molecule has 110 valence electrons. The van der Waals surface area contributed by atoms with E-state index in [1.807, 2.05) is 24.3 Å². The summed E-state index contributed by atoms with van der Waals surface area (Å²) in [6, 6.07) is 10.1. The Morgan fingerprint density at radius 2 is 2.14 bits per heavy atom. The normalized spacial score (nSPS) is 14.4. The minimum atomic E-state index is 0.0855. The lowest BCUT2D eigenvalue weighted by Gasteiger charge is -2.20. The predicted octanol–water partition coefficient (Wildman–Crippen LogP) is 4.77. The first-order valence-electron chi connectivity index (χ1n) is 7.01. The number of thioether (sulfide) groups is 1. The van der Waals surface area contributed by atoms with Crippen molar-refractivity contribution >= 4 is 34.2 Å². The van der Waals surface area contributed by atoms with Crippen LogP contribution in [-0.2, 0) is 0 Å². The molecule has 0 fully saturated rings. The van der Waals surface area contributed by atoms with Crippen LogP contribution in [0.5, 0.6) is 0 Å². The van der Waals surface area contributed by atoms with Crippen molar-refractivity contribution in [1.29, 1.82) is 0 Å². The fourth-order valence-corrected chi connectivity index (χ4v) is 4.69. The maximum atomic E-state index is 6.34. The van der Waals surface area contributed by atoms with Gasteiger partial charge in [0.2, 0.25) is 0 Å². The van der Waals surface area contributed by atoms with Gasteiger partial charge in [-0.2, -0.15) is 0 Å². The molecule has 3 rings (SSSR count). The molecule has 2 unspecified atom stereocenters. The molecule has 0 amide bonds. The van der Waals surface area contributed by atoms with Crippen molar-refractivity contribution in [3.05, 3.63) is 46.2 Å². The Morgan fingerprint density at radius 3 is 2.81 bits per heavy atom. The van der Waals surface area contributed by atoms with Crippen LogP contribution >= 0.6 is 23.1 Å². The van der Waals surface area contributed by atoms with E-state index in [-0.39, 0.29) is 11.3 Å². The summed E-state index contributed by atoms with van der Waals surface area (Å²) >= 11 is 3.38. The second-order valence-electron chi connectivity index (χ2n) is 5.03. The standard InChI is InChI=1S/C16H18N2OS2/c1-3-11(17)15(14-10(2)8-9-20-14)21-16-18-12-6-4-5-7-13(12)19-16/h4-9,11,15H,3,17H2,1-2H3. The zero-order valence-electron chi connectivity index (χ0n) is 12.1. The Hall–Kier alpha value is -1.30. The number of thiophene rings is 1. The molecule has 0 aliphatic carbocycles. The summed E-state index contributed by atoms with van der Waals surface area (Å²) in [5, 5.41) is 2.99. The SMILES string of the molecule is CCC(N)C(Sc1nc2ccccc2o1)c1sccc1C. The van der Waals surface area contributed by atoms with Crippen LogP contribution in [0.2, 0.25) is 0 Å². The molecule has 2 aromatic heterocycles. The van der Waals surface area contributed by atoms with E-state index in [9.17, 15) is 0 Å². The van der Waals surface area contributed by atoms with Gasteiger partial charge in [0.15, 0.2) is 5.58 Å². The molecule has 5 heteroatoms. The fourth-order valence-electron chi connectivity index (χ4n) is 2.24. The van der Waals surface area contributed by atoms with Gasteiger partial charge in [-0.1, -0.05) is 30.8 Å². The van der Waals surface area contributed by atoms with Gasteiger partial charge in [0.05, 0.1) is 5.25 Å². The van der Waals surface area contributed by atoms with E-state index in [1.54, 1.807) is 23.1 Å². The summed E-state index contributed by atoms with van der Waals surface area (Å²) in [7, 11) is 0. The number of hydrogen-bond donors (Lipinski definition) is 1. The maximum Gasteiger partial charge on any atom is 0.257 e. The van der Waals surface area contributed by atoms with Crippen molar-refractivity contribution in [3.8, 4) is 0 Å². The van der Waals surface area contributed by atoms with Crippen LogP contribution in [0.4, 0.5) is 0 Å². The van der Waals surface area contributed by atoms with E-state index in [2.05, 4.69) is 30.3 Å². The largest absolute Gasteiger partial charge is 0.431 e. The molecule has 2 atom stereocenters. The lowest BCUT2D eigenvalue weighted by atomic mass is 10.1. The number of oxazole rings is 1. The number of nitrogens with two attached hydrogens (primary N) is 1. The quantitative estimate of drug-likeness (QED) is 0.689. The van der Waals surface area contributed by atoms with E-state index < -0.39 is 0 Å². The second kappa shape index (κ2) is 6.22. The van der Waals surface area contributed by atoms with Gasteiger partial charge in [-0.05, 0) is 42.5 Å². The summed E-state index contributed by atoms with van der Waals surface area (Å²) in [4.78, 5) is 5.87. The Balaban J connectivity index is 1.92. The van der Waals surface area contributed by atoms with Crippen molar-refractivity contribution < 1.29 is 4.42 Å². The van der Waals surface area contributed by atoms with Crippen LogP contribution in [0.3, 0.4) is 0 Å². The van der Waals surface area contributed by atoms with Crippen LogP contribution in [0.15, 0.2) is 45.4 Å². The highest BCUT2D eigenvalue weighted by Gasteiger charge is 2.25. The average Bonchev–Trinajstić information content (AvgIpc) is 3.09. The molecule has 0 radical (unpaired) electrons. The Labute approximate surface area is 132 Å². The van der Waals surface area contributed by atoms with Crippen LogP contribution in [0.25, 0.3) is 11.1 Å². The number of aromatic nitrogens is 1. The molecular formula is C16H18N2OS2. The topological polar surface area (TPSA) is 52.0 Å². The zero-order chi connectivity index (χ0) is 14.8. The van der Waals surface area contributed by atoms with Gasteiger partial charge in [-0.25, -0.2) is 4.98 Å². The monoisotopic (exact) mass is 318 g/mol. The van der Waals surface area contributed by atoms with Crippen LogP contribution in [0, 0.1) is 6.92 Å². The first-order valence-corrected chi connectivity index (χ1v) is 8.76. The van der Waals surface area contributed by atoms with E-state index in [4.69, 9.17) is 10.2 Å². The number of hydrogen-bond acceptors (Lipinski definition) is 5. The number of aryl methyl sites for hydroxylation is 1. The van der Waals surface area contributed by atoms with E-state index in [0.29, 0.717) is 5.22 Å². The highest BCUT2D eigenvalue weighted by Crippen LogP contribution is 2.42. The highest BCUT2D eigenvalue weighted by molar-refractivity contribution is 7.99. The van der Waals surface area contributed by atoms with Crippen LogP contribution in [-0.4, -0.2) is 11.0 Å². The van der Waals surface area contributed by atoms with Gasteiger partial charge >= 0.3 is 0 Å². The first-order chi connectivity index (χ1) is 10.2. The van der Waals surface area contributed by atoms with Crippen molar-refractivity contribution in [2.45, 2.75) is 36.8 Å². The summed E-state index contributed by atoms with van der Waals surface area (Å²) in [5.74, 6) is 0. The minimum Gasteiger partial charge on any atom is -0.431 e. The lowest BCUT2D eigenvalue weighted by Crippen LogP contribution is -2.25. The molecule has 0 saturated heterocycles. The maximum absolute atomic E-state index is 6.34.